The summed E-state index contributed by atoms with van der Waals surface area (Å²) in [6.07, 6.45) is -0.412. The Morgan fingerprint density at radius 1 is 1.21 bits per heavy atom. The third kappa shape index (κ3) is 7.15. The highest BCUT2D eigenvalue weighted by atomic mass is 31.2. The van der Waals surface area contributed by atoms with Crippen LogP contribution in [0.5, 0.6) is 0 Å². The molecule has 0 saturated heterocycles. The number of alkyl carbamates (subject to hydrolysis) is 1. The van der Waals surface area contributed by atoms with E-state index in [4.69, 9.17) is 9.26 Å². The Morgan fingerprint density at radius 2 is 1.88 bits per heavy atom. The van der Waals surface area contributed by atoms with Crippen molar-refractivity contribution in [3.8, 4) is 0 Å². The van der Waals surface area contributed by atoms with E-state index in [9.17, 15) is 14.2 Å². The number of methoxy groups -OCH3 is 1. The molecule has 1 amide bonds. The van der Waals surface area contributed by atoms with Crippen LogP contribution in [0.15, 0.2) is 30.3 Å². The molecule has 1 rings (SSSR count). The average molecular weight is 357 g/mol. The van der Waals surface area contributed by atoms with E-state index < -0.39 is 25.3 Å². The van der Waals surface area contributed by atoms with Gasteiger partial charge in [-0.3, -0.25) is 9.36 Å². The van der Waals surface area contributed by atoms with E-state index >= 15 is 0 Å². The lowest BCUT2D eigenvalue weighted by molar-refractivity contribution is -0.144. The van der Waals surface area contributed by atoms with Crippen molar-refractivity contribution in [2.24, 2.45) is 5.92 Å². The Morgan fingerprint density at radius 3 is 2.46 bits per heavy atom. The topological polar surface area (TPSA) is 90.9 Å². The molecule has 0 spiro atoms. The summed E-state index contributed by atoms with van der Waals surface area (Å²) >= 11 is 0. The lowest BCUT2D eigenvalue weighted by Gasteiger charge is -2.19. The second-order valence-electron chi connectivity index (χ2n) is 5.32. The van der Waals surface area contributed by atoms with Gasteiger partial charge >= 0.3 is 12.1 Å². The largest absolute Gasteiger partial charge is 0.469 e. The van der Waals surface area contributed by atoms with Gasteiger partial charge in [0.25, 0.3) is 0 Å². The first kappa shape index (κ1) is 20.2. The number of amides is 1. The summed E-state index contributed by atoms with van der Waals surface area (Å²) in [6, 6.07) is 9.28. The predicted octanol–water partition coefficient (Wildman–Crippen LogP) is 2.65. The van der Waals surface area contributed by atoms with Crippen LogP contribution in [0.25, 0.3) is 0 Å². The minimum absolute atomic E-state index is 0.0664. The van der Waals surface area contributed by atoms with Crippen LogP contribution in [-0.4, -0.2) is 45.2 Å². The number of ether oxygens (including phenoxy) is 2. The van der Waals surface area contributed by atoms with Gasteiger partial charge in [0, 0.05) is 26.0 Å². The Kier molecular flexibility index (Phi) is 8.50. The maximum absolute atomic E-state index is 12.6. The zero-order valence-electron chi connectivity index (χ0n) is 14.2. The molecule has 0 heterocycles. The molecule has 1 N–H and O–H groups in total. The molecule has 7 nitrogen and oxygen atoms in total. The fraction of sp³-hybridized carbons (Fsp3) is 0.500. The highest BCUT2D eigenvalue weighted by Crippen LogP contribution is 2.47. The van der Waals surface area contributed by atoms with E-state index in [0.717, 1.165) is 5.56 Å². The van der Waals surface area contributed by atoms with Crippen molar-refractivity contribution in [1.29, 1.82) is 0 Å². The maximum Gasteiger partial charge on any atom is 0.407 e. The first-order chi connectivity index (χ1) is 11.4. The Labute approximate surface area is 142 Å². The molecular formula is C16H24NO6P. The van der Waals surface area contributed by atoms with E-state index in [-0.39, 0.29) is 25.5 Å². The van der Waals surface area contributed by atoms with Crippen molar-refractivity contribution < 1.29 is 28.2 Å². The van der Waals surface area contributed by atoms with Gasteiger partial charge in [0.2, 0.25) is 7.37 Å². The fourth-order valence-corrected chi connectivity index (χ4v) is 4.00. The summed E-state index contributed by atoms with van der Waals surface area (Å²) in [6.45, 7) is 1.92. The summed E-state index contributed by atoms with van der Waals surface area (Å²) < 4.78 is 27.3. The Hall–Kier alpha value is -1.85. The highest BCUT2D eigenvalue weighted by molar-refractivity contribution is 7.59. The summed E-state index contributed by atoms with van der Waals surface area (Å²) in [5.41, 5.74) is 0.877. The number of carbonyl (C=O) groups is 2. The van der Waals surface area contributed by atoms with Crippen LogP contribution >= 0.6 is 7.37 Å². The number of carbonyl (C=O) groups excluding carboxylic acids is 2. The van der Waals surface area contributed by atoms with Crippen LogP contribution in [-0.2, 0) is 30.0 Å². The van der Waals surface area contributed by atoms with E-state index in [1.807, 2.05) is 30.3 Å². The van der Waals surface area contributed by atoms with Crippen LogP contribution in [0, 0.1) is 5.92 Å². The van der Waals surface area contributed by atoms with Gasteiger partial charge in [0.05, 0.1) is 13.0 Å². The number of rotatable bonds is 9. The maximum atomic E-state index is 12.6. The lowest BCUT2D eigenvalue weighted by atomic mass is 10.2. The van der Waals surface area contributed by atoms with Gasteiger partial charge < -0.3 is 19.3 Å². The molecule has 1 aromatic rings. The van der Waals surface area contributed by atoms with Gasteiger partial charge in [0.1, 0.15) is 6.61 Å². The summed E-state index contributed by atoms with van der Waals surface area (Å²) in [5.74, 6) is -0.978. The number of benzene rings is 1. The molecule has 134 valence electrons. The second-order valence-corrected chi connectivity index (χ2v) is 8.12. The molecule has 0 saturated carbocycles. The normalized spacial score (nSPS) is 14.3. The van der Waals surface area contributed by atoms with Crippen molar-refractivity contribution in [1.82, 2.24) is 5.32 Å². The van der Waals surface area contributed by atoms with Gasteiger partial charge in [-0.1, -0.05) is 37.3 Å². The lowest BCUT2D eigenvalue weighted by Crippen LogP contribution is -2.28. The van der Waals surface area contributed by atoms with E-state index in [1.165, 1.54) is 14.2 Å². The highest BCUT2D eigenvalue weighted by Gasteiger charge is 2.28. The van der Waals surface area contributed by atoms with E-state index in [0.29, 0.717) is 0 Å². The molecule has 0 aliphatic carbocycles. The number of nitrogens with one attached hydrogen (secondary N) is 1. The third-order valence-electron chi connectivity index (χ3n) is 3.42. The molecule has 1 aromatic carbocycles. The molecule has 0 aliphatic heterocycles. The Bertz CT molecular complexity index is 577. The molecule has 0 radical (unpaired) electrons. The summed E-state index contributed by atoms with van der Waals surface area (Å²) in [5, 5.41) is 2.53. The first-order valence-electron chi connectivity index (χ1n) is 7.56. The quantitative estimate of drug-likeness (QED) is 0.540. The third-order valence-corrected chi connectivity index (χ3v) is 6.10. The van der Waals surface area contributed by atoms with Gasteiger partial charge in [0.15, 0.2) is 0 Å². The molecule has 0 aliphatic rings. The first-order valence-corrected chi connectivity index (χ1v) is 9.56. The molecule has 2 unspecified atom stereocenters. The average Bonchev–Trinajstić information content (AvgIpc) is 2.60. The van der Waals surface area contributed by atoms with Gasteiger partial charge in [-0.2, -0.15) is 0 Å². The zero-order valence-corrected chi connectivity index (χ0v) is 15.1. The van der Waals surface area contributed by atoms with E-state index in [1.54, 1.807) is 6.92 Å². The predicted molar refractivity (Wildman–Crippen MR) is 90.2 cm³/mol. The number of hydrogen-bond acceptors (Lipinski definition) is 6. The monoisotopic (exact) mass is 357 g/mol. The van der Waals surface area contributed by atoms with Crippen molar-refractivity contribution >= 4 is 19.4 Å². The minimum atomic E-state index is -3.03. The van der Waals surface area contributed by atoms with Crippen LogP contribution in [0.3, 0.4) is 0 Å². The molecule has 2 atom stereocenters. The van der Waals surface area contributed by atoms with Crippen molar-refractivity contribution in [3.05, 3.63) is 35.9 Å². The number of hydrogen-bond donors (Lipinski definition) is 1. The smallest absolute Gasteiger partial charge is 0.407 e. The fourth-order valence-electron chi connectivity index (χ4n) is 2.05. The standard InChI is InChI=1S/C16H24NO6P/c1-13(15(18)21-2)12-24(20,22-3)10-9-17-16(19)23-11-14-7-5-4-6-8-14/h4-8,13H,9-12H2,1-3H3,(H,17,19). The minimum Gasteiger partial charge on any atom is -0.469 e. The second kappa shape index (κ2) is 10.1. The van der Waals surface area contributed by atoms with Crippen LogP contribution < -0.4 is 5.32 Å². The van der Waals surface area contributed by atoms with Gasteiger partial charge in [-0.15, -0.1) is 0 Å². The summed E-state index contributed by atoms with van der Waals surface area (Å²) in [4.78, 5) is 23.0. The SMILES string of the molecule is COC(=O)C(C)CP(=O)(CCNC(=O)OCc1ccccc1)OC. The summed E-state index contributed by atoms with van der Waals surface area (Å²) in [7, 11) is -0.417. The van der Waals surface area contributed by atoms with Crippen molar-refractivity contribution in [2.75, 3.05) is 33.1 Å². The molecule has 8 heteroatoms. The van der Waals surface area contributed by atoms with E-state index in [2.05, 4.69) is 10.1 Å². The molecule has 0 bridgehead atoms. The van der Waals surface area contributed by atoms with Crippen molar-refractivity contribution in [2.45, 2.75) is 13.5 Å². The Balaban J connectivity index is 2.36. The van der Waals surface area contributed by atoms with Gasteiger partial charge in [-0.05, 0) is 5.56 Å². The van der Waals surface area contributed by atoms with Crippen molar-refractivity contribution in [3.63, 3.8) is 0 Å². The molecular weight excluding hydrogens is 333 g/mol. The molecule has 0 aromatic heterocycles. The van der Waals surface area contributed by atoms with Crippen LogP contribution in [0.4, 0.5) is 4.79 Å². The number of esters is 1. The molecule has 24 heavy (non-hydrogen) atoms. The zero-order chi connectivity index (χ0) is 18.0. The van der Waals surface area contributed by atoms with Crippen LogP contribution in [0.2, 0.25) is 0 Å². The van der Waals surface area contributed by atoms with Crippen LogP contribution in [0.1, 0.15) is 12.5 Å². The van der Waals surface area contributed by atoms with Gasteiger partial charge in [-0.25, -0.2) is 4.79 Å². The molecule has 0 fully saturated rings.